The Morgan fingerprint density at radius 1 is 1.32 bits per heavy atom. The quantitative estimate of drug-likeness (QED) is 0.872. The first-order chi connectivity index (χ1) is 10.5. The summed E-state index contributed by atoms with van der Waals surface area (Å²) >= 11 is 0. The summed E-state index contributed by atoms with van der Waals surface area (Å²) in [6.07, 6.45) is 0. The van der Waals surface area contributed by atoms with E-state index in [1.165, 1.54) is 0 Å². The number of nitrogens with two attached hydrogens (primary N) is 1. The van der Waals surface area contributed by atoms with Gasteiger partial charge in [-0.25, -0.2) is 4.79 Å². The van der Waals surface area contributed by atoms with Gasteiger partial charge < -0.3 is 20.5 Å². The van der Waals surface area contributed by atoms with Gasteiger partial charge in [0.05, 0.1) is 6.54 Å². The minimum Gasteiger partial charge on any atom is -0.361 e. The highest BCUT2D eigenvalue weighted by Crippen LogP contribution is 2.10. The van der Waals surface area contributed by atoms with Gasteiger partial charge in [0.1, 0.15) is 11.5 Å². The summed E-state index contributed by atoms with van der Waals surface area (Å²) in [4.78, 5) is 24.5. The average molecular weight is 302 g/mol. The number of amides is 3. The Morgan fingerprint density at radius 2 is 2.00 bits per heavy atom. The standard InChI is InChI=1S/C15H18N4O3/c1-10-7-13(18-22-10)9-19(2)14(20)12-5-3-11(4-6-12)8-17-15(16)21/h3-7H,8-9H2,1-2H3,(H3,16,17,21). The highest BCUT2D eigenvalue weighted by Gasteiger charge is 2.13. The van der Waals surface area contributed by atoms with Crippen LogP contribution in [-0.2, 0) is 13.1 Å². The molecule has 0 spiro atoms. The maximum atomic E-state index is 12.3. The van der Waals surface area contributed by atoms with E-state index in [2.05, 4.69) is 10.5 Å². The van der Waals surface area contributed by atoms with Crippen molar-refractivity contribution in [1.82, 2.24) is 15.4 Å². The van der Waals surface area contributed by atoms with Crippen molar-refractivity contribution in [2.75, 3.05) is 7.05 Å². The zero-order valence-electron chi connectivity index (χ0n) is 12.5. The fourth-order valence-electron chi connectivity index (χ4n) is 1.98. The summed E-state index contributed by atoms with van der Waals surface area (Å²) in [6, 6.07) is 8.19. The Hall–Kier alpha value is -2.83. The van der Waals surface area contributed by atoms with E-state index in [0.717, 1.165) is 5.56 Å². The van der Waals surface area contributed by atoms with E-state index in [0.29, 0.717) is 30.1 Å². The predicted octanol–water partition coefficient (Wildman–Crippen LogP) is 1.42. The smallest absolute Gasteiger partial charge is 0.312 e. The second-order valence-electron chi connectivity index (χ2n) is 5.00. The van der Waals surface area contributed by atoms with Crippen LogP contribution in [0.1, 0.15) is 27.4 Å². The molecule has 1 aromatic heterocycles. The zero-order chi connectivity index (χ0) is 16.1. The van der Waals surface area contributed by atoms with Gasteiger partial charge in [-0.3, -0.25) is 4.79 Å². The molecule has 2 rings (SSSR count). The molecule has 0 bridgehead atoms. The fourth-order valence-corrected chi connectivity index (χ4v) is 1.98. The van der Waals surface area contributed by atoms with Crippen LogP contribution < -0.4 is 11.1 Å². The van der Waals surface area contributed by atoms with E-state index in [-0.39, 0.29) is 5.91 Å². The number of hydrogen-bond acceptors (Lipinski definition) is 4. The number of nitrogens with one attached hydrogen (secondary N) is 1. The minimum absolute atomic E-state index is 0.116. The maximum absolute atomic E-state index is 12.3. The molecule has 0 fully saturated rings. The predicted molar refractivity (Wildman–Crippen MR) is 79.9 cm³/mol. The second-order valence-corrected chi connectivity index (χ2v) is 5.00. The summed E-state index contributed by atoms with van der Waals surface area (Å²) in [5, 5.41) is 6.36. The van der Waals surface area contributed by atoms with Crippen molar-refractivity contribution in [3.8, 4) is 0 Å². The third-order valence-electron chi connectivity index (χ3n) is 3.09. The van der Waals surface area contributed by atoms with Crippen molar-refractivity contribution in [3.05, 3.63) is 52.9 Å². The Bertz CT molecular complexity index is 664. The van der Waals surface area contributed by atoms with E-state index in [4.69, 9.17) is 10.3 Å². The molecule has 116 valence electrons. The molecule has 7 nitrogen and oxygen atoms in total. The Morgan fingerprint density at radius 3 is 2.55 bits per heavy atom. The van der Waals surface area contributed by atoms with Crippen LogP contribution in [0.2, 0.25) is 0 Å². The normalized spacial score (nSPS) is 10.3. The number of carbonyl (C=O) groups is 2. The lowest BCUT2D eigenvalue weighted by Gasteiger charge is -2.15. The molecule has 3 amide bonds. The third kappa shape index (κ3) is 4.08. The van der Waals surface area contributed by atoms with Gasteiger partial charge in [-0.15, -0.1) is 0 Å². The van der Waals surface area contributed by atoms with Gasteiger partial charge in [-0.05, 0) is 24.6 Å². The highest BCUT2D eigenvalue weighted by atomic mass is 16.5. The first kappa shape index (κ1) is 15.6. The van der Waals surface area contributed by atoms with Crippen LogP contribution in [0.5, 0.6) is 0 Å². The monoisotopic (exact) mass is 302 g/mol. The Labute approximate surface area is 128 Å². The number of nitrogens with zero attached hydrogens (tertiary/aromatic N) is 2. The molecule has 0 aliphatic heterocycles. The van der Waals surface area contributed by atoms with Crippen molar-refractivity contribution in [3.63, 3.8) is 0 Å². The lowest BCUT2D eigenvalue weighted by atomic mass is 10.1. The van der Waals surface area contributed by atoms with Crippen LogP contribution >= 0.6 is 0 Å². The molecule has 0 aliphatic rings. The van der Waals surface area contributed by atoms with Crippen molar-refractivity contribution >= 4 is 11.9 Å². The van der Waals surface area contributed by atoms with Crippen LogP contribution in [-0.4, -0.2) is 29.0 Å². The molecule has 2 aromatic rings. The largest absolute Gasteiger partial charge is 0.361 e. The number of urea groups is 1. The van der Waals surface area contributed by atoms with Gasteiger partial charge in [-0.1, -0.05) is 17.3 Å². The molecule has 3 N–H and O–H groups in total. The first-order valence-electron chi connectivity index (χ1n) is 6.75. The molecule has 7 heteroatoms. The van der Waals surface area contributed by atoms with E-state index in [1.54, 1.807) is 49.2 Å². The molecular formula is C15H18N4O3. The maximum Gasteiger partial charge on any atom is 0.312 e. The van der Waals surface area contributed by atoms with Crippen LogP contribution in [0.25, 0.3) is 0 Å². The molecule has 22 heavy (non-hydrogen) atoms. The van der Waals surface area contributed by atoms with E-state index < -0.39 is 6.03 Å². The summed E-state index contributed by atoms with van der Waals surface area (Å²) in [7, 11) is 1.70. The highest BCUT2D eigenvalue weighted by molar-refractivity contribution is 5.94. The average Bonchev–Trinajstić information content (AvgIpc) is 2.90. The topological polar surface area (TPSA) is 101 Å². The summed E-state index contributed by atoms with van der Waals surface area (Å²) in [5.41, 5.74) is 7.14. The molecule has 1 aromatic carbocycles. The Balaban J connectivity index is 1.97. The zero-order valence-corrected chi connectivity index (χ0v) is 12.5. The van der Waals surface area contributed by atoms with E-state index in [1.807, 2.05) is 0 Å². The number of hydrogen-bond donors (Lipinski definition) is 2. The fraction of sp³-hybridized carbons (Fsp3) is 0.267. The number of carbonyl (C=O) groups excluding carboxylic acids is 2. The third-order valence-corrected chi connectivity index (χ3v) is 3.09. The van der Waals surface area contributed by atoms with Gasteiger partial charge in [-0.2, -0.15) is 0 Å². The van der Waals surface area contributed by atoms with Crippen molar-refractivity contribution < 1.29 is 14.1 Å². The minimum atomic E-state index is -0.581. The molecular weight excluding hydrogens is 284 g/mol. The number of benzene rings is 1. The second kappa shape index (κ2) is 6.75. The SMILES string of the molecule is Cc1cc(CN(C)C(=O)c2ccc(CNC(N)=O)cc2)no1. The van der Waals surface area contributed by atoms with Crippen molar-refractivity contribution in [2.24, 2.45) is 5.73 Å². The number of primary amides is 1. The molecule has 0 aliphatic carbocycles. The van der Waals surface area contributed by atoms with Crippen molar-refractivity contribution in [2.45, 2.75) is 20.0 Å². The van der Waals surface area contributed by atoms with Gasteiger partial charge in [0.15, 0.2) is 0 Å². The molecule has 0 radical (unpaired) electrons. The molecule has 0 saturated carbocycles. The molecule has 0 unspecified atom stereocenters. The van der Waals surface area contributed by atoms with Gasteiger partial charge >= 0.3 is 6.03 Å². The van der Waals surface area contributed by atoms with Crippen LogP contribution in [0, 0.1) is 6.92 Å². The summed E-state index contributed by atoms with van der Waals surface area (Å²) < 4.78 is 4.98. The van der Waals surface area contributed by atoms with Crippen LogP contribution in [0.4, 0.5) is 4.79 Å². The number of rotatable bonds is 5. The lowest BCUT2D eigenvalue weighted by Crippen LogP contribution is -2.28. The van der Waals surface area contributed by atoms with E-state index in [9.17, 15) is 9.59 Å². The van der Waals surface area contributed by atoms with Crippen molar-refractivity contribution in [1.29, 1.82) is 0 Å². The molecule has 0 atom stereocenters. The Kier molecular flexibility index (Phi) is 4.77. The van der Waals surface area contributed by atoms with Crippen LogP contribution in [0.15, 0.2) is 34.9 Å². The van der Waals surface area contributed by atoms with Gasteiger partial charge in [0.25, 0.3) is 5.91 Å². The number of aryl methyl sites for hydroxylation is 1. The summed E-state index contributed by atoms with van der Waals surface area (Å²) in [5.74, 6) is 0.595. The van der Waals surface area contributed by atoms with Gasteiger partial charge in [0, 0.05) is 25.2 Å². The van der Waals surface area contributed by atoms with Gasteiger partial charge in [0.2, 0.25) is 0 Å². The summed E-state index contributed by atoms with van der Waals surface area (Å²) in [6.45, 7) is 2.51. The first-order valence-corrected chi connectivity index (χ1v) is 6.75. The molecule has 1 heterocycles. The molecule has 0 saturated heterocycles. The number of aromatic nitrogens is 1. The van der Waals surface area contributed by atoms with Crippen LogP contribution in [0.3, 0.4) is 0 Å². The van der Waals surface area contributed by atoms with E-state index >= 15 is 0 Å². The lowest BCUT2D eigenvalue weighted by molar-refractivity contribution is 0.0782.